The molecule has 1 aromatic rings. The maximum absolute atomic E-state index is 4.02. The Morgan fingerprint density at radius 1 is 1.44 bits per heavy atom. The van der Waals surface area contributed by atoms with Gasteiger partial charge in [0.2, 0.25) is 0 Å². The normalized spacial score (nSPS) is 7.44. The standard InChI is InChI=1S/C5H5NS.C2H6/c7-5-2-1-3-6-4-5;1-2/h1-4,7H;1-2H3. The van der Waals surface area contributed by atoms with E-state index >= 15 is 0 Å². The van der Waals surface area contributed by atoms with E-state index in [0.29, 0.717) is 0 Å². The predicted molar refractivity (Wildman–Crippen MR) is 42.8 cm³/mol. The lowest BCUT2D eigenvalue weighted by Crippen LogP contribution is -1.65. The Morgan fingerprint density at radius 3 is 2.33 bits per heavy atom. The molecule has 0 N–H and O–H groups in total. The molecular formula is C7H11NS. The van der Waals surface area contributed by atoms with Gasteiger partial charge in [0.1, 0.15) is 0 Å². The summed E-state index contributed by atoms with van der Waals surface area (Å²) in [5.41, 5.74) is 0. The lowest BCUT2D eigenvalue weighted by atomic mass is 10.5. The monoisotopic (exact) mass is 141 g/mol. The number of aromatic nitrogens is 1. The number of pyridine rings is 1. The van der Waals surface area contributed by atoms with E-state index in [0.717, 1.165) is 4.90 Å². The Morgan fingerprint density at radius 2 is 2.11 bits per heavy atom. The largest absolute Gasteiger partial charge is 0.264 e. The molecule has 1 heterocycles. The second-order valence-corrected chi connectivity index (χ2v) is 1.73. The third-order valence-corrected chi connectivity index (χ3v) is 0.910. The lowest BCUT2D eigenvalue weighted by Gasteiger charge is -1.81. The molecule has 0 bridgehead atoms. The Bertz CT molecular complexity index is 139. The molecule has 0 saturated heterocycles. The zero-order chi connectivity index (χ0) is 7.11. The summed E-state index contributed by atoms with van der Waals surface area (Å²) in [5.74, 6) is 0. The number of hydrogen-bond donors (Lipinski definition) is 1. The van der Waals surface area contributed by atoms with Crippen molar-refractivity contribution >= 4 is 12.6 Å². The fourth-order valence-corrected chi connectivity index (χ4v) is 0.506. The minimum Gasteiger partial charge on any atom is -0.264 e. The van der Waals surface area contributed by atoms with Gasteiger partial charge in [0.15, 0.2) is 0 Å². The summed E-state index contributed by atoms with van der Waals surface area (Å²) in [4.78, 5) is 4.71. The van der Waals surface area contributed by atoms with Gasteiger partial charge >= 0.3 is 0 Å². The zero-order valence-corrected chi connectivity index (χ0v) is 6.60. The lowest BCUT2D eigenvalue weighted by molar-refractivity contribution is 1.24. The van der Waals surface area contributed by atoms with E-state index in [1.165, 1.54) is 0 Å². The highest BCUT2D eigenvalue weighted by molar-refractivity contribution is 7.80. The van der Waals surface area contributed by atoms with Crippen LogP contribution in [-0.4, -0.2) is 4.98 Å². The van der Waals surface area contributed by atoms with Crippen LogP contribution in [0.25, 0.3) is 0 Å². The Labute approximate surface area is 61.5 Å². The molecule has 0 saturated carbocycles. The summed E-state index contributed by atoms with van der Waals surface area (Å²) in [6.07, 6.45) is 3.42. The number of thiol groups is 1. The second-order valence-electron chi connectivity index (χ2n) is 1.21. The first kappa shape index (κ1) is 8.50. The van der Waals surface area contributed by atoms with E-state index in [2.05, 4.69) is 17.6 Å². The highest BCUT2D eigenvalue weighted by Crippen LogP contribution is 1.98. The quantitative estimate of drug-likeness (QED) is 0.547. The molecule has 0 fully saturated rings. The first-order chi connectivity index (χ1) is 4.39. The molecule has 1 nitrogen and oxygen atoms in total. The summed E-state index contributed by atoms with van der Waals surface area (Å²) in [5, 5.41) is 0. The molecule has 0 spiro atoms. The van der Waals surface area contributed by atoms with Crippen molar-refractivity contribution < 1.29 is 0 Å². The SMILES string of the molecule is CC.Sc1cccnc1. The van der Waals surface area contributed by atoms with Gasteiger partial charge in [-0.1, -0.05) is 13.8 Å². The predicted octanol–water partition coefficient (Wildman–Crippen LogP) is 2.40. The first-order valence-corrected chi connectivity index (χ1v) is 3.43. The number of hydrogen-bond acceptors (Lipinski definition) is 2. The molecule has 50 valence electrons. The Kier molecular flexibility index (Phi) is 5.32. The maximum atomic E-state index is 4.02. The van der Waals surface area contributed by atoms with Gasteiger partial charge in [-0.2, -0.15) is 0 Å². The smallest absolute Gasteiger partial charge is 0.0401 e. The van der Waals surface area contributed by atoms with Crippen molar-refractivity contribution in [3.63, 3.8) is 0 Å². The summed E-state index contributed by atoms with van der Waals surface area (Å²) < 4.78 is 0. The van der Waals surface area contributed by atoms with Gasteiger partial charge in [0.05, 0.1) is 0 Å². The van der Waals surface area contributed by atoms with E-state index in [-0.39, 0.29) is 0 Å². The van der Waals surface area contributed by atoms with Gasteiger partial charge in [-0.25, -0.2) is 0 Å². The van der Waals surface area contributed by atoms with Crippen molar-refractivity contribution in [1.29, 1.82) is 0 Å². The minimum atomic E-state index is 0.905. The van der Waals surface area contributed by atoms with Crippen molar-refractivity contribution in [2.24, 2.45) is 0 Å². The molecule has 0 amide bonds. The molecule has 1 aromatic heterocycles. The van der Waals surface area contributed by atoms with Gasteiger partial charge in [-0.3, -0.25) is 4.98 Å². The van der Waals surface area contributed by atoms with E-state index < -0.39 is 0 Å². The van der Waals surface area contributed by atoms with Gasteiger partial charge in [-0.15, -0.1) is 12.6 Å². The molecule has 0 unspecified atom stereocenters. The third-order valence-electron chi connectivity index (χ3n) is 0.646. The molecule has 9 heavy (non-hydrogen) atoms. The van der Waals surface area contributed by atoms with E-state index in [4.69, 9.17) is 0 Å². The summed E-state index contributed by atoms with van der Waals surface area (Å²) in [7, 11) is 0. The van der Waals surface area contributed by atoms with Crippen LogP contribution >= 0.6 is 12.6 Å². The molecule has 2 heteroatoms. The van der Waals surface area contributed by atoms with Crippen LogP contribution < -0.4 is 0 Å². The van der Waals surface area contributed by atoms with Crippen LogP contribution in [-0.2, 0) is 0 Å². The van der Waals surface area contributed by atoms with Crippen LogP contribution in [0.5, 0.6) is 0 Å². The fraction of sp³-hybridized carbons (Fsp3) is 0.286. The molecule has 1 rings (SSSR count). The number of rotatable bonds is 0. The highest BCUT2D eigenvalue weighted by atomic mass is 32.1. The Hall–Kier alpha value is -0.500. The average Bonchev–Trinajstić information content (AvgIpc) is 1.94. The average molecular weight is 141 g/mol. The van der Waals surface area contributed by atoms with Gasteiger partial charge < -0.3 is 0 Å². The molecule has 0 aromatic carbocycles. The highest BCUT2D eigenvalue weighted by Gasteiger charge is 1.74. The van der Waals surface area contributed by atoms with Crippen LogP contribution in [0.1, 0.15) is 13.8 Å². The van der Waals surface area contributed by atoms with Crippen LogP contribution in [0, 0.1) is 0 Å². The van der Waals surface area contributed by atoms with Gasteiger partial charge in [-0.05, 0) is 12.1 Å². The van der Waals surface area contributed by atoms with Gasteiger partial charge in [0.25, 0.3) is 0 Å². The van der Waals surface area contributed by atoms with Crippen molar-refractivity contribution in [2.75, 3.05) is 0 Å². The molecule has 0 atom stereocenters. The van der Waals surface area contributed by atoms with E-state index in [9.17, 15) is 0 Å². The topological polar surface area (TPSA) is 12.9 Å². The fourth-order valence-electron chi connectivity index (χ4n) is 0.354. The molecular weight excluding hydrogens is 130 g/mol. The number of nitrogens with zero attached hydrogens (tertiary/aromatic N) is 1. The van der Waals surface area contributed by atoms with Crippen LogP contribution in [0.15, 0.2) is 29.4 Å². The maximum Gasteiger partial charge on any atom is 0.0401 e. The second kappa shape index (κ2) is 5.63. The van der Waals surface area contributed by atoms with E-state index in [1.54, 1.807) is 12.4 Å². The van der Waals surface area contributed by atoms with Crippen LogP contribution in [0.4, 0.5) is 0 Å². The molecule has 0 aliphatic rings. The molecule has 0 radical (unpaired) electrons. The first-order valence-electron chi connectivity index (χ1n) is 2.98. The van der Waals surface area contributed by atoms with Crippen molar-refractivity contribution in [2.45, 2.75) is 18.7 Å². The molecule has 0 aliphatic carbocycles. The van der Waals surface area contributed by atoms with Crippen molar-refractivity contribution in [3.8, 4) is 0 Å². The van der Waals surface area contributed by atoms with Crippen LogP contribution in [0.3, 0.4) is 0 Å². The van der Waals surface area contributed by atoms with Crippen LogP contribution in [0.2, 0.25) is 0 Å². The summed E-state index contributed by atoms with van der Waals surface area (Å²) in [6.45, 7) is 4.00. The Balaban J connectivity index is 0.000000291. The van der Waals surface area contributed by atoms with Crippen molar-refractivity contribution in [1.82, 2.24) is 4.98 Å². The molecule has 0 aliphatic heterocycles. The van der Waals surface area contributed by atoms with E-state index in [1.807, 2.05) is 26.0 Å². The zero-order valence-electron chi connectivity index (χ0n) is 5.70. The minimum absolute atomic E-state index is 0.905. The third kappa shape index (κ3) is 4.03. The summed E-state index contributed by atoms with van der Waals surface area (Å²) >= 11 is 4.02. The van der Waals surface area contributed by atoms with Crippen molar-refractivity contribution in [3.05, 3.63) is 24.5 Å². The summed E-state index contributed by atoms with van der Waals surface area (Å²) in [6, 6.07) is 3.73. The van der Waals surface area contributed by atoms with Gasteiger partial charge in [0, 0.05) is 17.3 Å².